The number of unbranched alkanes of at least 4 members (excludes halogenated alkanes) is 1. The lowest BCUT2D eigenvalue weighted by atomic mass is 9.97. The Balaban J connectivity index is 5.50. The molecule has 198 valence electrons. The zero-order valence-corrected chi connectivity index (χ0v) is 22.1. The lowest BCUT2D eigenvalue weighted by molar-refractivity contribution is -0.144. The maximum Gasteiger partial charge on any atom is 0.326 e. The first-order valence-corrected chi connectivity index (χ1v) is 13.5. The van der Waals surface area contributed by atoms with Crippen LogP contribution in [0.3, 0.4) is 0 Å². The van der Waals surface area contributed by atoms with Gasteiger partial charge in [-0.05, 0) is 62.5 Å². The third kappa shape index (κ3) is 12.6. The monoisotopic (exact) mass is 503 g/mol. The summed E-state index contributed by atoms with van der Waals surface area (Å²) in [4.78, 5) is 50.3. The van der Waals surface area contributed by atoms with E-state index in [4.69, 9.17) is 11.5 Å². The summed E-state index contributed by atoms with van der Waals surface area (Å²) in [5, 5.41) is 17.5. The van der Waals surface area contributed by atoms with Gasteiger partial charge in [-0.2, -0.15) is 11.8 Å². The second-order valence-corrected chi connectivity index (χ2v) is 10.1. The molecule has 0 saturated carbocycles. The average molecular weight is 504 g/mol. The first-order valence-electron chi connectivity index (χ1n) is 12.1. The smallest absolute Gasteiger partial charge is 0.326 e. The molecule has 0 aromatic heterocycles. The Bertz CT molecular complexity index is 649. The molecule has 0 radical (unpaired) electrons. The Morgan fingerprint density at radius 1 is 0.912 bits per heavy atom. The third-order valence-corrected chi connectivity index (χ3v) is 6.31. The minimum absolute atomic E-state index is 0.0631. The Kier molecular flexibility index (Phi) is 16.6. The fraction of sp³-hybridized carbons (Fsp3) is 0.826. The maximum atomic E-state index is 13.1. The minimum Gasteiger partial charge on any atom is -0.480 e. The largest absolute Gasteiger partial charge is 0.480 e. The van der Waals surface area contributed by atoms with Crippen LogP contribution in [0.1, 0.15) is 66.2 Å². The van der Waals surface area contributed by atoms with E-state index in [0.717, 1.165) is 5.75 Å². The van der Waals surface area contributed by atoms with Gasteiger partial charge in [0.25, 0.3) is 0 Å². The highest BCUT2D eigenvalue weighted by Gasteiger charge is 2.32. The van der Waals surface area contributed by atoms with Crippen LogP contribution in [0.15, 0.2) is 0 Å². The van der Waals surface area contributed by atoms with Gasteiger partial charge in [-0.1, -0.05) is 34.1 Å². The van der Waals surface area contributed by atoms with Crippen molar-refractivity contribution < 1.29 is 24.3 Å². The topological polar surface area (TPSA) is 177 Å². The first kappa shape index (κ1) is 32.1. The summed E-state index contributed by atoms with van der Waals surface area (Å²) >= 11 is 1.58. The predicted octanol–water partition coefficient (Wildman–Crippen LogP) is 0.827. The van der Waals surface area contributed by atoms with E-state index in [-0.39, 0.29) is 11.8 Å². The molecule has 0 rings (SSSR count). The lowest BCUT2D eigenvalue weighted by Crippen LogP contribution is -2.58. The van der Waals surface area contributed by atoms with Crippen LogP contribution in [0.25, 0.3) is 0 Å². The van der Waals surface area contributed by atoms with Crippen molar-refractivity contribution in [2.45, 2.75) is 90.4 Å². The molecule has 0 heterocycles. The van der Waals surface area contributed by atoms with Crippen LogP contribution in [-0.4, -0.2) is 71.5 Å². The highest BCUT2D eigenvalue weighted by atomic mass is 32.2. The van der Waals surface area contributed by atoms with Crippen molar-refractivity contribution in [3.05, 3.63) is 0 Å². The highest BCUT2D eigenvalue weighted by Crippen LogP contribution is 2.12. The lowest BCUT2D eigenvalue weighted by Gasteiger charge is -2.27. The van der Waals surface area contributed by atoms with Crippen LogP contribution in [-0.2, 0) is 19.2 Å². The Hall–Kier alpha value is -1.85. The molecule has 0 aliphatic rings. The van der Waals surface area contributed by atoms with Gasteiger partial charge in [0, 0.05) is 0 Å². The molecule has 11 heteroatoms. The summed E-state index contributed by atoms with van der Waals surface area (Å²) in [6, 6.07) is -3.60. The number of carboxylic acid groups (broad SMARTS) is 1. The number of nitrogens with one attached hydrogen (secondary N) is 3. The van der Waals surface area contributed by atoms with E-state index in [1.54, 1.807) is 18.7 Å². The zero-order chi connectivity index (χ0) is 26.3. The highest BCUT2D eigenvalue weighted by molar-refractivity contribution is 7.98. The summed E-state index contributed by atoms with van der Waals surface area (Å²) in [5.41, 5.74) is 11.5. The van der Waals surface area contributed by atoms with E-state index in [9.17, 15) is 24.3 Å². The Labute approximate surface area is 208 Å². The Morgan fingerprint density at radius 3 is 2.00 bits per heavy atom. The van der Waals surface area contributed by atoms with Crippen LogP contribution >= 0.6 is 11.8 Å². The molecule has 0 saturated heterocycles. The fourth-order valence-corrected chi connectivity index (χ4v) is 3.82. The van der Waals surface area contributed by atoms with Crippen LogP contribution in [0.4, 0.5) is 0 Å². The molecule has 0 spiro atoms. The standard InChI is InChI=1S/C23H45N5O5S/c1-6-15(4)19(23(32)33)28-22(31)18(13-14(2)3)27-21(30)17(9-7-8-11-24)26-20(29)16(25)10-12-34-5/h14-19H,6-13,24-25H2,1-5H3,(H,26,29)(H,27,30)(H,28,31)(H,32,33). The average Bonchev–Trinajstić information content (AvgIpc) is 2.78. The predicted molar refractivity (Wildman–Crippen MR) is 136 cm³/mol. The number of thioether (sulfide) groups is 1. The van der Waals surface area contributed by atoms with Gasteiger partial charge in [-0.3, -0.25) is 14.4 Å². The van der Waals surface area contributed by atoms with E-state index >= 15 is 0 Å². The van der Waals surface area contributed by atoms with E-state index in [0.29, 0.717) is 45.1 Å². The molecule has 0 aromatic rings. The maximum absolute atomic E-state index is 13.1. The van der Waals surface area contributed by atoms with E-state index < -0.39 is 47.9 Å². The van der Waals surface area contributed by atoms with Crippen molar-refractivity contribution in [2.24, 2.45) is 23.3 Å². The normalized spacial score (nSPS) is 15.6. The summed E-state index contributed by atoms with van der Waals surface area (Å²) in [7, 11) is 0. The van der Waals surface area contributed by atoms with Gasteiger partial charge in [0.15, 0.2) is 0 Å². The van der Waals surface area contributed by atoms with Crippen molar-refractivity contribution in [3.63, 3.8) is 0 Å². The minimum atomic E-state index is -1.12. The van der Waals surface area contributed by atoms with Gasteiger partial charge in [-0.15, -0.1) is 0 Å². The van der Waals surface area contributed by atoms with Crippen molar-refractivity contribution >= 4 is 35.5 Å². The molecule has 34 heavy (non-hydrogen) atoms. The quantitative estimate of drug-likeness (QED) is 0.149. The molecule has 0 aliphatic heterocycles. The van der Waals surface area contributed by atoms with Gasteiger partial charge >= 0.3 is 5.97 Å². The molecule has 8 N–H and O–H groups in total. The summed E-state index contributed by atoms with van der Waals surface area (Å²) in [6.07, 6.45) is 4.95. The molecule has 10 nitrogen and oxygen atoms in total. The van der Waals surface area contributed by atoms with E-state index in [1.807, 2.05) is 27.0 Å². The number of hydrogen-bond acceptors (Lipinski definition) is 7. The van der Waals surface area contributed by atoms with Gasteiger partial charge < -0.3 is 32.5 Å². The molecule has 0 bridgehead atoms. The van der Waals surface area contributed by atoms with Crippen molar-refractivity contribution in [2.75, 3.05) is 18.6 Å². The number of carbonyl (C=O) groups is 4. The van der Waals surface area contributed by atoms with Gasteiger partial charge in [0.2, 0.25) is 17.7 Å². The Morgan fingerprint density at radius 2 is 1.50 bits per heavy atom. The molecular weight excluding hydrogens is 458 g/mol. The van der Waals surface area contributed by atoms with Crippen molar-refractivity contribution in [1.82, 2.24) is 16.0 Å². The molecule has 5 unspecified atom stereocenters. The first-order chi connectivity index (χ1) is 16.0. The number of aliphatic carboxylic acids is 1. The molecule has 5 atom stereocenters. The molecule has 3 amide bonds. The van der Waals surface area contributed by atoms with Gasteiger partial charge in [-0.25, -0.2) is 4.79 Å². The molecule has 0 fully saturated rings. The zero-order valence-electron chi connectivity index (χ0n) is 21.3. The van der Waals surface area contributed by atoms with E-state index in [2.05, 4.69) is 16.0 Å². The second-order valence-electron chi connectivity index (χ2n) is 9.13. The number of hydrogen-bond donors (Lipinski definition) is 6. The number of carbonyl (C=O) groups excluding carboxylic acids is 3. The van der Waals surface area contributed by atoms with Crippen molar-refractivity contribution in [1.29, 1.82) is 0 Å². The SMILES string of the molecule is CCC(C)C(NC(=O)C(CC(C)C)NC(=O)C(CCCCN)NC(=O)C(N)CCSC)C(=O)O. The number of amides is 3. The summed E-state index contributed by atoms with van der Waals surface area (Å²) in [5.74, 6) is -2.10. The molecular formula is C23H45N5O5S. The fourth-order valence-electron chi connectivity index (χ4n) is 3.33. The van der Waals surface area contributed by atoms with Crippen molar-refractivity contribution in [3.8, 4) is 0 Å². The number of nitrogens with two attached hydrogens (primary N) is 2. The van der Waals surface area contributed by atoms with Gasteiger partial charge in [0.05, 0.1) is 6.04 Å². The second kappa shape index (κ2) is 17.6. The van der Waals surface area contributed by atoms with Crippen LogP contribution in [0.2, 0.25) is 0 Å². The van der Waals surface area contributed by atoms with Crippen LogP contribution in [0.5, 0.6) is 0 Å². The molecule has 0 aromatic carbocycles. The summed E-state index contributed by atoms with van der Waals surface area (Å²) in [6.45, 7) is 7.86. The summed E-state index contributed by atoms with van der Waals surface area (Å²) < 4.78 is 0. The van der Waals surface area contributed by atoms with Crippen LogP contribution < -0.4 is 27.4 Å². The molecule has 0 aliphatic carbocycles. The number of rotatable bonds is 18. The van der Waals surface area contributed by atoms with E-state index in [1.165, 1.54) is 0 Å². The van der Waals surface area contributed by atoms with Crippen LogP contribution in [0, 0.1) is 11.8 Å². The third-order valence-electron chi connectivity index (χ3n) is 5.67. The van der Waals surface area contributed by atoms with Gasteiger partial charge in [0.1, 0.15) is 18.1 Å². The number of carboxylic acids is 1.